The first-order chi connectivity index (χ1) is 26.3. The summed E-state index contributed by atoms with van der Waals surface area (Å²) >= 11 is 1.90. The van der Waals surface area contributed by atoms with Gasteiger partial charge >= 0.3 is 0 Å². The van der Waals surface area contributed by atoms with E-state index in [1.165, 1.54) is 102 Å². The lowest BCUT2D eigenvalue weighted by atomic mass is 9.85. The van der Waals surface area contributed by atoms with Gasteiger partial charge in [0.15, 0.2) is 0 Å². The number of pyridine rings is 1. The second kappa shape index (κ2) is 12.0. The largest absolute Gasteiger partial charge is 0.264 e. The van der Waals surface area contributed by atoms with Gasteiger partial charge in [-0.1, -0.05) is 158 Å². The molecule has 0 unspecified atom stereocenters. The number of aromatic nitrogens is 1. The average Bonchev–Trinajstić information content (AvgIpc) is 3.61. The summed E-state index contributed by atoms with van der Waals surface area (Å²) in [6.45, 7) is 0. The molecule has 0 bridgehead atoms. The van der Waals surface area contributed by atoms with Crippen molar-refractivity contribution in [3.05, 3.63) is 188 Å². The third-order valence-electron chi connectivity index (χ3n) is 10.9. The van der Waals surface area contributed by atoms with Gasteiger partial charge in [0, 0.05) is 43.7 Å². The number of hydrogen-bond donors (Lipinski definition) is 0. The average molecular weight is 690 g/mol. The molecule has 9 aromatic carbocycles. The van der Waals surface area contributed by atoms with E-state index in [-0.39, 0.29) is 0 Å². The minimum absolute atomic E-state index is 1.14. The van der Waals surface area contributed by atoms with E-state index in [0.717, 1.165) is 5.56 Å². The molecule has 0 saturated carbocycles. The molecule has 0 fully saturated rings. The number of thiophene rings is 1. The molecule has 1 nitrogen and oxygen atoms in total. The third-order valence-corrected chi connectivity index (χ3v) is 12.2. The van der Waals surface area contributed by atoms with Crippen molar-refractivity contribution in [2.24, 2.45) is 0 Å². The summed E-state index contributed by atoms with van der Waals surface area (Å²) in [5.41, 5.74) is 10.00. The highest BCUT2D eigenvalue weighted by Gasteiger charge is 2.21. The molecule has 11 rings (SSSR count). The van der Waals surface area contributed by atoms with Crippen LogP contribution in [0.4, 0.5) is 0 Å². The number of hydrogen-bond acceptors (Lipinski definition) is 2. The van der Waals surface area contributed by atoms with Gasteiger partial charge in [0.2, 0.25) is 0 Å². The molecule has 2 heteroatoms. The van der Waals surface area contributed by atoms with Crippen LogP contribution in [0.15, 0.2) is 188 Å². The van der Waals surface area contributed by atoms with E-state index >= 15 is 0 Å². The lowest BCUT2D eigenvalue weighted by molar-refractivity contribution is 1.33. The van der Waals surface area contributed by atoms with Crippen molar-refractivity contribution < 1.29 is 0 Å². The Balaban J connectivity index is 1.18. The van der Waals surface area contributed by atoms with Crippen LogP contribution < -0.4 is 0 Å². The van der Waals surface area contributed by atoms with Gasteiger partial charge in [-0.25, -0.2) is 0 Å². The Morgan fingerprint density at radius 3 is 1.34 bits per heavy atom. The standard InChI is InChI=1S/C51H31NS/c1-2-14-32(15-3-1)47-35-17-4-6-19-37(35)48(38-20-7-5-18-36(38)47)33-27-28-46-45(30-33)43-25-12-26-44(51(43)53-46)50-41-23-10-8-21-39(41)49(34-16-13-29-52-31-34)40-22-9-11-24-42(40)50/h1-31H. The molecular formula is C51H31NS. The van der Waals surface area contributed by atoms with E-state index in [0.29, 0.717) is 0 Å². The zero-order valence-electron chi connectivity index (χ0n) is 28.8. The molecule has 0 saturated heterocycles. The predicted molar refractivity (Wildman–Crippen MR) is 229 cm³/mol. The fourth-order valence-electron chi connectivity index (χ4n) is 8.75. The number of nitrogens with zero attached hydrogens (tertiary/aromatic N) is 1. The number of benzene rings is 9. The zero-order chi connectivity index (χ0) is 34.9. The molecule has 0 N–H and O–H groups in total. The topological polar surface area (TPSA) is 12.9 Å². The lowest BCUT2D eigenvalue weighted by Gasteiger charge is -2.18. The molecule has 0 atom stereocenters. The van der Waals surface area contributed by atoms with Crippen LogP contribution in [0.5, 0.6) is 0 Å². The Hall–Kier alpha value is -6.61. The molecular weight excluding hydrogens is 659 g/mol. The molecule has 2 heterocycles. The summed E-state index contributed by atoms with van der Waals surface area (Å²) in [5, 5.41) is 12.7. The van der Waals surface area contributed by atoms with Crippen LogP contribution in [-0.4, -0.2) is 4.98 Å². The highest BCUT2D eigenvalue weighted by molar-refractivity contribution is 7.26. The van der Waals surface area contributed by atoms with Crippen molar-refractivity contribution in [1.82, 2.24) is 4.98 Å². The van der Waals surface area contributed by atoms with Crippen LogP contribution >= 0.6 is 11.3 Å². The molecule has 53 heavy (non-hydrogen) atoms. The summed E-state index contributed by atoms with van der Waals surface area (Å²) in [5.74, 6) is 0. The fraction of sp³-hybridized carbons (Fsp3) is 0. The van der Waals surface area contributed by atoms with Crippen molar-refractivity contribution in [2.45, 2.75) is 0 Å². The minimum Gasteiger partial charge on any atom is -0.264 e. The van der Waals surface area contributed by atoms with E-state index in [2.05, 4.69) is 175 Å². The highest BCUT2D eigenvalue weighted by Crippen LogP contribution is 2.49. The van der Waals surface area contributed by atoms with Gasteiger partial charge in [0.1, 0.15) is 0 Å². The first-order valence-electron chi connectivity index (χ1n) is 18.1. The van der Waals surface area contributed by atoms with Crippen LogP contribution in [-0.2, 0) is 0 Å². The molecule has 0 spiro atoms. The van der Waals surface area contributed by atoms with Crippen LogP contribution in [0, 0.1) is 0 Å². The molecule has 0 aliphatic carbocycles. The Labute approximate surface area is 311 Å². The third kappa shape index (κ3) is 4.59. The molecule has 246 valence electrons. The second-order valence-corrected chi connectivity index (χ2v) is 14.8. The zero-order valence-corrected chi connectivity index (χ0v) is 29.6. The van der Waals surface area contributed by atoms with Gasteiger partial charge in [-0.15, -0.1) is 11.3 Å². The summed E-state index contributed by atoms with van der Waals surface area (Å²) in [6.07, 6.45) is 3.83. The maximum Gasteiger partial charge on any atom is 0.0434 e. The normalized spacial score (nSPS) is 11.8. The van der Waals surface area contributed by atoms with E-state index in [1.807, 2.05) is 29.8 Å². The van der Waals surface area contributed by atoms with Gasteiger partial charge in [0.25, 0.3) is 0 Å². The summed E-state index contributed by atoms with van der Waals surface area (Å²) in [7, 11) is 0. The predicted octanol–water partition coefficient (Wildman–Crippen LogP) is 14.7. The van der Waals surface area contributed by atoms with Crippen molar-refractivity contribution in [2.75, 3.05) is 0 Å². The van der Waals surface area contributed by atoms with Gasteiger partial charge < -0.3 is 0 Å². The monoisotopic (exact) mass is 689 g/mol. The van der Waals surface area contributed by atoms with Crippen LogP contribution in [0.1, 0.15) is 0 Å². The first-order valence-corrected chi connectivity index (χ1v) is 18.9. The van der Waals surface area contributed by atoms with Crippen LogP contribution in [0.3, 0.4) is 0 Å². The molecule has 11 aromatic rings. The van der Waals surface area contributed by atoms with Crippen molar-refractivity contribution in [1.29, 1.82) is 0 Å². The smallest absolute Gasteiger partial charge is 0.0434 e. The van der Waals surface area contributed by atoms with Crippen molar-refractivity contribution in [3.63, 3.8) is 0 Å². The van der Waals surface area contributed by atoms with Crippen molar-refractivity contribution in [3.8, 4) is 44.5 Å². The van der Waals surface area contributed by atoms with Crippen LogP contribution in [0.25, 0.3) is 108 Å². The molecule has 0 amide bonds. The quantitative estimate of drug-likeness (QED) is 0.168. The lowest BCUT2D eigenvalue weighted by Crippen LogP contribution is -1.91. The SMILES string of the molecule is c1ccc(-c2c3ccccc3c(-c3ccc4sc5c(-c6c7ccccc7c(-c7cccnc7)c7ccccc67)cccc5c4c3)c3ccccc23)cc1. The van der Waals surface area contributed by atoms with E-state index in [1.54, 1.807) is 0 Å². The minimum atomic E-state index is 1.14. The first kappa shape index (κ1) is 30.1. The van der Waals surface area contributed by atoms with E-state index < -0.39 is 0 Å². The Morgan fingerprint density at radius 1 is 0.321 bits per heavy atom. The second-order valence-electron chi connectivity index (χ2n) is 13.8. The van der Waals surface area contributed by atoms with E-state index in [9.17, 15) is 0 Å². The molecule has 0 aliphatic heterocycles. The van der Waals surface area contributed by atoms with Crippen LogP contribution in [0.2, 0.25) is 0 Å². The Kier molecular flexibility index (Phi) is 6.80. The van der Waals surface area contributed by atoms with Gasteiger partial charge in [-0.05, 0) is 94.7 Å². The van der Waals surface area contributed by atoms with Gasteiger partial charge in [-0.2, -0.15) is 0 Å². The number of rotatable bonds is 4. The van der Waals surface area contributed by atoms with E-state index in [4.69, 9.17) is 0 Å². The van der Waals surface area contributed by atoms with Crippen molar-refractivity contribution >= 4 is 74.6 Å². The highest BCUT2D eigenvalue weighted by atomic mass is 32.1. The summed E-state index contributed by atoms with van der Waals surface area (Å²) in [6, 6.07) is 64.6. The fourth-order valence-corrected chi connectivity index (χ4v) is 9.95. The number of fused-ring (bicyclic) bond motifs is 7. The maximum absolute atomic E-state index is 4.50. The Morgan fingerprint density at radius 2 is 0.792 bits per heavy atom. The Bertz CT molecular complexity index is 3100. The molecule has 0 radical (unpaired) electrons. The van der Waals surface area contributed by atoms with Gasteiger partial charge in [0.05, 0.1) is 0 Å². The summed E-state index contributed by atoms with van der Waals surface area (Å²) < 4.78 is 2.62. The molecule has 0 aliphatic rings. The summed E-state index contributed by atoms with van der Waals surface area (Å²) in [4.78, 5) is 4.50. The van der Waals surface area contributed by atoms with Gasteiger partial charge in [-0.3, -0.25) is 4.98 Å². The maximum atomic E-state index is 4.50. The molecule has 2 aromatic heterocycles.